The Morgan fingerprint density at radius 2 is 1.77 bits per heavy atom. The highest BCUT2D eigenvalue weighted by Crippen LogP contribution is 2.17. The van der Waals surface area contributed by atoms with E-state index >= 15 is 0 Å². The third kappa shape index (κ3) is 5.56. The number of benzene rings is 1. The zero-order chi connectivity index (χ0) is 15.8. The summed E-state index contributed by atoms with van der Waals surface area (Å²) in [6.45, 7) is 0.573. The number of carbonyl (C=O) groups excluding carboxylic acids is 2. The summed E-state index contributed by atoms with van der Waals surface area (Å²) in [7, 11) is 0. The number of carbonyl (C=O) groups is 2. The molecule has 0 unspecified atom stereocenters. The molecule has 2 amide bonds. The molecule has 6 heteroatoms. The number of halogens is 1. The van der Waals surface area contributed by atoms with Gasteiger partial charge in [0.25, 0.3) is 0 Å². The summed E-state index contributed by atoms with van der Waals surface area (Å²) in [6, 6.07) is 7.09. The first kappa shape index (κ1) is 16.6. The monoisotopic (exact) mass is 324 g/mol. The van der Waals surface area contributed by atoms with E-state index in [0.29, 0.717) is 17.4 Å². The molecule has 0 radical (unpaired) electrons. The fourth-order valence-electron chi connectivity index (χ4n) is 2.44. The molecule has 0 atom stereocenters. The van der Waals surface area contributed by atoms with Crippen LogP contribution < -0.4 is 15.4 Å². The summed E-state index contributed by atoms with van der Waals surface area (Å²) < 4.78 is 5.44. The average Bonchev–Trinajstić information content (AvgIpc) is 2.54. The van der Waals surface area contributed by atoms with Crippen molar-refractivity contribution in [1.82, 2.24) is 10.6 Å². The van der Waals surface area contributed by atoms with E-state index in [0.717, 1.165) is 25.7 Å². The van der Waals surface area contributed by atoms with Gasteiger partial charge in [0.05, 0.1) is 6.54 Å². The molecule has 22 heavy (non-hydrogen) atoms. The third-order valence-corrected chi connectivity index (χ3v) is 3.87. The van der Waals surface area contributed by atoms with Crippen LogP contribution in [-0.2, 0) is 9.59 Å². The standard InChI is InChI=1S/C16H21ClN2O3/c17-12-6-8-14(9-7-12)22-11-10-18-15(20)16(21)19-13-4-2-1-3-5-13/h6-9,13H,1-5,10-11H2,(H,18,20)(H,19,21). The van der Waals surface area contributed by atoms with Crippen LogP contribution in [0.25, 0.3) is 0 Å². The van der Waals surface area contributed by atoms with E-state index in [2.05, 4.69) is 10.6 Å². The van der Waals surface area contributed by atoms with Gasteiger partial charge in [-0.15, -0.1) is 0 Å². The first-order valence-electron chi connectivity index (χ1n) is 7.62. The van der Waals surface area contributed by atoms with Gasteiger partial charge in [-0.05, 0) is 37.1 Å². The minimum Gasteiger partial charge on any atom is -0.492 e. The van der Waals surface area contributed by atoms with Crippen LogP contribution in [0.4, 0.5) is 0 Å². The Hall–Kier alpha value is -1.75. The van der Waals surface area contributed by atoms with Gasteiger partial charge in [-0.3, -0.25) is 9.59 Å². The zero-order valence-electron chi connectivity index (χ0n) is 12.4. The van der Waals surface area contributed by atoms with Crippen molar-refractivity contribution in [1.29, 1.82) is 0 Å². The molecule has 1 aliphatic carbocycles. The molecule has 120 valence electrons. The summed E-state index contributed by atoms with van der Waals surface area (Å²) in [5, 5.41) is 5.97. The summed E-state index contributed by atoms with van der Waals surface area (Å²) in [5.74, 6) is -0.492. The summed E-state index contributed by atoms with van der Waals surface area (Å²) in [6.07, 6.45) is 5.35. The second-order valence-electron chi connectivity index (χ2n) is 5.37. The lowest BCUT2D eigenvalue weighted by Crippen LogP contribution is -2.46. The second-order valence-corrected chi connectivity index (χ2v) is 5.80. The van der Waals surface area contributed by atoms with E-state index in [4.69, 9.17) is 16.3 Å². The molecular weight excluding hydrogens is 304 g/mol. The van der Waals surface area contributed by atoms with E-state index in [1.54, 1.807) is 24.3 Å². The normalized spacial score (nSPS) is 15.1. The van der Waals surface area contributed by atoms with Crippen LogP contribution in [-0.4, -0.2) is 31.0 Å². The van der Waals surface area contributed by atoms with Gasteiger partial charge in [-0.2, -0.15) is 0 Å². The first-order chi connectivity index (χ1) is 10.6. The smallest absolute Gasteiger partial charge is 0.309 e. The quantitative estimate of drug-likeness (QED) is 0.645. The molecular formula is C16H21ClN2O3. The largest absolute Gasteiger partial charge is 0.492 e. The molecule has 0 saturated heterocycles. The van der Waals surface area contributed by atoms with Crippen LogP contribution in [0.2, 0.25) is 5.02 Å². The fraction of sp³-hybridized carbons (Fsp3) is 0.500. The maximum Gasteiger partial charge on any atom is 0.309 e. The van der Waals surface area contributed by atoms with Crippen molar-refractivity contribution in [3.63, 3.8) is 0 Å². The van der Waals surface area contributed by atoms with Gasteiger partial charge in [0.2, 0.25) is 0 Å². The molecule has 0 aromatic heterocycles. The molecule has 0 spiro atoms. The van der Waals surface area contributed by atoms with Crippen molar-refractivity contribution < 1.29 is 14.3 Å². The van der Waals surface area contributed by atoms with Gasteiger partial charge in [-0.25, -0.2) is 0 Å². The molecule has 1 aromatic carbocycles. The molecule has 2 N–H and O–H groups in total. The van der Waals surface area contributed by atoms with Gasteiger partial charge in [0.15, 0.2) is 0 Å². The Labute approximate surface area is 135 Å². The molecule has 0 bridgehead atoms. The number of hydrogen-bond donors (Lipinski definition) is 2. The van der Waals surface area contributed by atoms with E-state index in [9.17, 15) is 9.59 Å². The van der Waals surface area contributed by atoms with Crippen molar-refractivity contribution >= 4 is 23.4 Å². The predicted molar refractivity (Wildman–Crippen MR) is 85.0 cm³/mol. The van der Waals surface area contributed by atoms with Crippen molar-refractivity contribution in [2.45, 2.75) is 38.1 Å². The van der Waals surface area contributed by atoms with Crippen molar-refractivity contribution in [2.24, 2.45) is 0 Å². The molecule has 5 nitrogen and oxygen atoms in total. The Morgan fingerprint density at radius 1 is 1.09 bits per heavy atom. The van der Waals surface area contributed by atoms with Crippen molar-refractivity contribution in [3.05, 3.63) is 29.3 Å². The van der Waals surface area contributed by atoms with Gasteiger partial charge in [0.1, 0.15) is 12.4 Å². The Bertz CT molecular complexity index is 499. The minimum atomic E-state index is -0.606. The van der Waals surface area contributed by atoms with Gasteiger partial charge < -0.3 is 15.4 Å². The lowest BCUT2D eigenvalue weighted by Gasteiger charge is -2.22. The number of rotatable bonds is 5. The molecule has 1 saturated carbocycles. The third-order valence-electron chi connectivity index (χ3n) is 3.62. The first-order valence-corrected chi connectivity index (χ1v) is 8.00. The number of hydrogen-bond acceptors (Lipinski definition) is 3. The van der Waals surface area contributed by atoms with Crippen molar-refractivity contribution in [2.75, 3.05) is 13.2 Å². The predicted octanol–water partition coefficient (Wildman–Crippen LogP) is 2.28. The summed E-state index contributed by atoms with van der Waals surface area (Å²) >= 11 is 5.77. The Morgan fingerprint density at radius 3 is 2.45 bits per heavy atom. The van der Waals surface area contributed by atoms with Crippen LogP contribution in [0.5, 0.6) is 5.75 Å². The van der Waals surface area contributed by atoms with Crippen LogP contribution in [0.1, 0.15) is 32.1 Å². The highest BCUT2D eigenvalue weighted by molar-refractivity contribution is 6.35. The van der Waals surface area contributed by atoms with Crippen LogP contribution in [0.3, 0.4) is 0 Å². The molecule has 0 aliphatic heterocycles. The number of ether oxygens (including phenoxy) is 1. The zero-order valence-corrected chi connectivity index (χ0v) is 13.2. The Kier molecular flexibility index (Phi) is 6.52. The van der Waals surface area contributed by atoms with Crippen LogP contribution in [0.15, 0.2) is 24.3 Å². The van der Waals surface area contributed by atoms with E-state index < -0.39 is 11.8 Å². The second kappa shape index (κ2) is 8.63. The molecule has 0 heterocycles. The summed E-state index contributed by atoms with van der Waals surface area (Å²) in [5.41, 5.74) is 0. The number of nitrogens with one attached hydrogen (secondary N) is 2. The van der Waals surface area contributed by atoms with Gasteiger partial charge in [-0.1, -0.05) is 30.9 Å². The molecule has 1 aromatic rings. The van der Waals surface area contributed by atoms with E-state index in [1.807, 2.05) is 0 Å². The summed E-state index contributed by atoms with van der Waals surface area (Å²) in [4.78, 5) is 23.4. The highest BCUT2D eigenvalue weighted by atomic mass is 35.5. The average molecular weight is 325 g/mol. The van der Waals surface area contributed by atoms with Gasteiger partial charge in [0, 0.05) is 11.1 Å². The van der Waals surface area contributed by atoms with E-state index in [-0.39, 0.29) is 12.6 Å². The molecule has 2 rings (SSSR count). The lowest BCUT2D eigenvalue weighted by molar-refractivity contribution is -0.139. The minimum absolute atomic E-state index is 0.136. The lowest BCUT2D eigenvalue weighted by atomic mass is 9.95. The van der Waals surface area contributed by atoms with E-state index in [1.165, 1.54) is 6.42 Å². The SMILES string of the molecule is O=C(NCCOc1ccc(Cl)cc1)C(=O)NC1CCCCC1. The highest BCUT2D eigenvalue weighted by Gasteiger charge is 2.19. The Balaban J connectivity index is 1.62. The topological polar surface area (TPSA) is 67.4 Å². The van der Waals surface area contributed by atoms with Crippen LogP contribution in [0, 0.1) is 0 Å². The van der Waals surface area contributed by atoms with Crippen LogP contribution >= 0.6 is 11.6 Å². The molecule has 1 fully saturated rings. The van der Waals surface area contributed by atoms with Crippen molar-refractivity contribution in [3.8, 4) is 5.75 Å². The fourth-order valence-corrected chi connectivity index (χ4v) is 2.57. The molecule has 1 aliphatic rings. The maximum absolute atomic E-state index is 11.7. The number of amides is 2. The van der Waals surface area contributed by atoms with Gasteiger partial charge >= 0.3 is 11.8 Å². The maximum atomic E-state index is 11.7.